The molecule has 0 aliphatic heterocycles. The van der Waals surface area contributed by atoms with Gasteiger partial charge in [-0.3, -0.25) is 10.1 Å². The van der Waals surface area contributed by atoms with E-state index in [4.69, 9.17) is 4.74 Å². The maximum atomic E-state index is 10.5. The minimum absolute atomic E-state index is 0.134. The molecule has 1 aromatic carbocycles. The normalized spacial score (nSPS) is 16.2. The van der Waals surface area contributed by atoms with Crippen LogP contribution in [-0.2, 0) is 11.3 Å². The van der Waals surface area contributed by atoms with Gasteiger partial charge < -0.3 is 10.1 Å². The number of hydrogen-bond donors (Lipinski definition) is 1. The Morgan fingerprint density at radius 2 is 1.90 bits per heavy atom. The van der Waals surface area contributed by atoms with Crippen molar-refractivity contribution in [3.8, 4) is 0 Å². The SMILES string of the molecule is O=[N+]([O-])c1ccc(CNCCOC2CCCCC2)cc1. The Hall–Kier alpha value is -1.46. The zero-order valence-electron chi connectivity index (χ0n) is 11.7. The number of nitro benzene ring substituents is 1. The monoisotopic (exact) mass is 278 g/mol. The number of non-ortho nitro benzene ring substituents is 1. The van der Waals surface area contributed by atoms with Crippen LogP contribution in [0.25, 0.3) is 0 Å². The number of rotatable bonds is 7. The first kappa shape index (κ1) is 14.9. The Labute approximate surface area is 119 Å². The van der Waals surface area contributed by atoms with Gasteiger partial charge in [-0.25, -0.2) is 0 Å². The molecule has 0 atom stereocenters. The van der Waals surface area contributed by atoms with E-state index in [1.54, 1.807) is 12.1 Å². The Balaban J connectivity index is 1.59. The van der Waals surface area contributed by atoms with Crippen LogP contribution in [0.4, 0.5) is 5.69 Å². The average molecular weight is 278 g/mol. The van der Waals surface area contributed by atoms with E-state index < -0.39 is 0 Å². The highest BCUT2D eigenvalue weighted by Gasteiger charge is 2.12. The second kappa shape index (κ2) is 7.97. The molecule has 1 saturated carbocycles. The summed E-state index contributed by atoms with van der Waals surface area (Å²) in [5.41, 5.74) is 1.18. The summed E-state index contributed by atoms with van der Waals surface area (Å²) >= 11 is 0. The Bertz CT molecular complexity index is 414. The van der Waals surface area contributed by atoms with E-state index >= 15 is 0 Å². The van der Waals surface area contributed by atoms with Gasteiger partial charge in [0.15, 0.2) is 0 Å². The number of nitrogens with zero attached hydrogens (tertiary/aromatic N) is 1. The molecule has 5 nitrogen and oxygen atoms in total. The lowest BCUT2D eigenvalue weighted by atomic mass is 9.98. The molecule has 0 saturated heterocycles. The van der Waals surface area contributed by atoms with Gasteiger partial charge in [0, 0.05) is 25.2 Å². The third-order valence-electron chi connectivity index (χ3n) is 3.66. The van der Waals surface area contributed by atoms with Crippen LogP contribution in [0.1, 0.15) is 37.7 Å². The average Bonchev–Trinajstić information content (AvgIpc) is 2.48. The highest BCUT2D eigenvalue weighted by atomic mass is 16.6. The Morgan fingerprint density at radius 1 is 1.20 bits per heavy atom. The lowest BCUT2D eigenvalue weighted by Crippen LogP contribution is -2.24. The van der Waals surface area contributed by atoms with Crippen LogP contribution in [0.3, 0.4) is 0 Å². The van der Waals surface area contributed by atoms with Gasteiger partial charge >= 0.3 is 0 Å². The van der Waals surface area contributed by atoms with Crippen LogP contribution in [0, 0.1) is 10.1 Å². The van der Waals surface area contributed by atoms with Gasteiger partial charge in [-0.1, -0.05) is 31.4 Å². The molecule has 1 aliphatic carbocycles. The van der Waals surface area contributed by atoms with Gasteiger partial charge in [-0.2, -0.15) is 0 Å². The second-order valence-corrected chi connectivity index (χ2v) is 5.23. The lowest BCUT2D eigenvalue weighted by Gasteiger charge is -2.22. The molecule has 1 aromatic rings. The molecular formula is C15H22N2O3. The molecule has 5 heteroatoms. The van der Waals surface area contributed by atoms with Crippen LogP contribution < -0.4 is 5.32 Å². The largest absolute Gasteiger partial charge is 0.377 e. The topological polar surface area (TPSA) is 64.4 Å². The number of nitro groups is 1. The summed E-state index contributed by atoms with van der Waals surface area (Å²) in [6.07, 6.45) is 6.77. The van der Waals surface area contributed by atoms with Crippen molar-refractivity contribution in [1.29, 1.82) is 0 Å². The third kappa shape index (κ3) is 4.90. The van der Waals surface area contributed by atoms with E-state index in [1.807, 2.05) is 0 Å². The quantitative estimate of drug-likeness (QED) is 0.473. The summed E-state index contributed by atoms with van der Waals surface area (Å²) < 4.78 is 5.82. The second-order valence-electron chi connectivity index (χ2n) is 5.23. The van der Waals surface area contributed by atoms with E-state index in [1.165, 1.54) is 44.2 Å². The zero-order chi connectivity index (χ0) is 14.2. The standard InChI is InChI=1S/C15H22N2O3/c18-17(19)14-8-6-13(7-9-14)12-16-10-11-20-15-4-2-1-3-5-15/h6-9,15-16H,1-5,10-12H2. The van der Waals surface area contributed by atoms with Gasteiger partial charge in [0.2, 0.25) is 0 Å². The predicted octanol–water partition coefficient (Wildman–Crippen LogP) is 3.03. The maximum absolute atomic E-state index is 10.5. The molecule has 110 valence electrons. The van der Waals surface area contributed by atoms with Gasteiger partial charge in [-0.15, -0.1) is 0 Å². The van der Waals surface area contributed by atoms with Crippen LogP contribution >= 0.6 is 0 Å². The van der Waals surface area contributed by atoms with Crippen molar-refractivity contribution >= 4 is 5.69 Å². The van der Waals surface area contributed by atoms with Crippen molar-refractivity contribution in [1.82, 2.24) is 5.32 Å². The van der Waals surface area contributed by atoms with Crippen LogP contribution in [0.5, 0.6) is 0 Å². The molecule has 1 aliphatic rings. The highest BCUT2D eigenvalue weighted by molar-refractivity contribution is 5.32. The molecule has 0 radical (unpaired) electrons. The first-order valence-corrected chi connectivity index (χ1v) is 7.31. The summed E-state index contributed by atoms with van der Waals surface area (Å²) in [5.74, 6) is 0. The molecule has 1 fully saturated rings. The first-order chi connectivity index (χ1) is 9.75. The van der Waals surface area contributed by atoms with E-state index in [0.717, 1.165) is 18.7 Å². The van der Waals surface area contributed by atoms with E-state index in [2.05, 4.69) is 5.32 Å². The number of hydrogen-bond acceptors (Lipinski definition) is 4. The van der Waals surface area contributed by atoms with Crippen LogP contribution in [0.15, 0.2) is 24.3 Å². The number of nitrogens with one attached hydrogen (secondary N) is 1. The minimum Gasteiger partial charge on any atom is -0.377 e. The van der Waals surface area contributed by atoms with Crippen LogP contribution in [-0.4, -0.2) is 24.2 Å². The summed E-state index contributed by atoms with van der Waals surface area (Å²) in [6, 6.07) is 6.64. The molecule has 0 unspecified atom stereocenters. The summed E-state index contributed by atoms with van der Waals surface area (Å²) in [7, 11) is 0. The predicted molar refractivity (Wildman–Crippen MR) is 77.6 cm³/mol. The fourth-order valence-electron chi connectivity index (χ4n) is 2.50. The smallest absolute Gasteiger partial charge is 0.269 e. The Morgan fingerprint density at radius 3 is 2.55 bits per heavy atom. The van der Waals surface area contributed by atoms with Crippen molar-refractivity contribution in [2.24, 2.45) is 0 Å². The minimum atomic E-state index is -0.380. The van der Waals surface area contributed by atoms with Crippen molar-refractivity contribution in [2.75, 3.05) is 13.2 Å². The van der Waals surface area contributed by atoms with Crippen molar-refractivity contribution in [2.45, 2.75) is 44.8 Å². The highest BCUT2D eigenvalue weighted by Crippen LogP contribution is 2.19. The summed E-state index contributed by atoms with van der Waals surface area (Å²) in [5, 5.41) is 13.8. The number of ether oxygens (including phenoxy) is 1. The third-order valence-corrected chi connectivity index (χ3v) is 3.66. The van der Waals surface area contributed by atoms with Crippen molar-refractivity contribution in [3.63, 3.8) is 0 Å². The van der Waals surface area contributed by atoms with Gasteiger partial charge in [0.05, 0.1) is 17.6 Å². The Kier molecular flexibility index (Phi) is 5.95. The van der Waals surface area contributed by atoms with E-state index in [-0.39, 0.29) is 10.6 Å². The van der Waals surface area contributed by atoms with E-state index in [9.17, 15) is 10.1 Å². The van der Waals surface area contributed by atoms with Crippen molar-refractivity contribution in [3.05, 3.63) is 39.9 Å². The fraction of sp³-hybridized carbons (Fsp3) is 0.600. The molecule has 0 spiro atoms. The zero-order valence-corrected chi connectivity index (χ0v) is 11.7. The molecular weight excluding hydrogens is 256 g/mol. The molecule has 0 amide bonds. The van der Waals surface area contributed by atoms with Crippen LogP contribution in [0.2, 0.25) is 0 Å². The molecule has 0 aromatic heterocycles. The molecule has 20 heavy (non-hydrogen) atoms. The van der Waals surface area contributed by atoms with Gasteiger partial charge in [0.25, 0.3) is 5.69 Å². The van der Waals surface area contributed by atoms with Gasteiger partial charge in [-0.05, 0) is 18.4 Å². The maximum Gasteiger partial charge on any atom is 0.269 e. The van der Waals surface area contributed by atoms with Gasteiger partial charge in [0.1, 0.15) is 0 Å². The van der Waals surface area contributed by atoms with Crippen molar-refractivity contribution < 1.29 is 9.66 Å². The summed E-state index contributed by atoms with van der Waals surface area (Å²) in [6.45, 7) is 2.26. The fourth-order valence-corrected chi connectivity index (χ4v) is 2.50. The molecule has 1 N–H and O–H groups in total. The number of benzene rings is 1. The molecule has 0 heterocycles. The lowest BCUT2D eigenvalue weighted by molar-refractivity contribution is -0.384. The molecule has 2 rings (SSSR count). The van der Waals surface area contributed by atoms with E-state index in [0.29, 0.717) is 12.6 Å². The summed E-state index contributed by atoms with van der Waals surface area (Å²) in [4.78, 5) is 10.2. The first-order valence-electron chi connectivity index (χ1n) is 7.31. The molecule has 0 bridgehead atoms.